The van der Waals surface area contributed by atoms with E-state index in [-0.39, 0.29) is 5.56 Å². The van der Waals surface area contributed by atoms with E-state index in [9.17, 15) is 9.59 Å². The Labute approximate surface area is 184 Å². The molecule has 2 heterocycles. The third kappa shape index (κ3) is 4.28. The van der Waals surface area contributed by atoms with E-state index in [2.05, 4.69) is 39.1 Å². The monoisotopic (exact) mass is 433 g/mol. The fraction of sp³-hybridized carbons (Fsp3) is 0.208. The van der Waals surface area contributed by atoms with Crippen molar-refractivity contribution in [3.63, 3.8) is 0 Å². The Balaban J connectivity index is 1.59. The van der Waals surface area contributed by atoms with Gasteiger partial charge in [-0.1, -0.05) is 54.6 Å². The molecule has 31 heavy (non-hydrogen) atoms. The second-order valence-electron chi connectivity index (χ2n) is 7.44. The highest BCUT2D eigenvalue weighted by Gasteiger charge is 2.20. The molecule has 0 fully saturated rings. The van der Waals surface area contributed by atoms with Gasteiger partial charge in [0.2, 0.25) is 0 Å². The van der Waals surface area contributed by atoms with Crippen molar-refractivity contribution < 1.29 is 9.53 Å². The molecule has 0 spiro atoms. The van der Waals surface area contributed by atoms with E-state index >= 15 is 0 Å². The van der Waals surface area contributed by atoms with Gasteiger partial charge in [-0.2, -0.15) is 0 Å². The number of aromatic amines is 1. The first-order chi connectivity index (χ1) is 15.0. The number of nitrogens with zero attached hydrogens (tertiary/aromatic N) is 2. The molecule has 158 valence electrons. The maximum atomic E-state index is 12.7. The van der Waals surface area contributed by atoms with Gasteiger partial charge in [0.05, 0.1) is 19.0 Å². The molecule has 0 radical (unpaired) electrons. The number of esters is 1. The van der Waals surface area contributed by atoms with Gasteiger partial charge in [-0.3, -0.25) is 9.69 Å². The van der Waals surface area contributed by atoms with Crippen LogP contribution in [0.3, 0.4) is 0 Å². The number of benzene rings is 2. The molecular weight excluding hydrogens is 410 g/mol. The van der Waals surface area contributed by atoms with Gasteiger partial charge in [0.25, 0.3) is 5.56 Å². The molecule has 0 saturated heterocycles. The number of fused-ring (bicyclic) bond motifs is 1. The van der Waals surface area contributed by atoms with Crippen LogP contribution in [0.1, 0.15) is 26.6 Å². The van der Waals surface area contributed by atoms with Gasteiger partial charge in [-0.25, -0.2) is 9.78 Å². The number of thiophene rings is 1. The van der Waals surface area contributed by atoms with Crippen LogP contribution in [-0.4, -0.2) is 35.0 Å². The van der Waals surface area contributed by atoms with Gasteiger partial charge in [0.1, 0.15) is 15.5 Å². The van der Waals surface area contributed by atoms with Crippen LogP contribution in [0.15, 0.2) is 59.4 Å². The number of rotatable bonds is 6. The molecule has 2 aromatic carbocycles. The van der Waals surface area contributed by atoms with E-state index in [0.717, 1.165) is 0 Å². The number of nitrogens with one attached hydrogen (secondary N) is 1. The van der Waals surface area contributed by atoms with Crippen molar-refractivity contribution in [2.75, 3.05) is 14.2 Å². The summed E-state index contributed by atoms with van der Waals surface area (Å²) in [5.41, 5.74) is 3.92. The number of aryl methyl sites for hydroxylation is 1. The molecular formula is C24H23N3O3S. The molecule has 0 aliphatic carbocycles. The summed E-state index contributed by atoms with van der Waals surface area (Å²) < 4.78 is 4.82. The van der Waals surface area contributed by atoms with Crippen molar-refractivity contribution in [3.05, 3.63) is 86.8 Å². The molecule has 0 aliphatic heterocycles. The van der Waals surface area contributed by atoms with Crippen molar-refractivity contribution in [2.24, 2.45) is 0 Å². The van der Waals surface area contributed by atoms with Crippen LogP contribution in [0.2, 0.25) is 0 Å². The van der Waals surface area contributed by atoms with Crippen LogP contribution < -0.4 is 5.56 Å². The fourth-order valence-corrected chi connectivity index (χ4v) is 4.83. The Morgan fingerprint density at radius 1 is 1.10 bits per heavy atom. The topological polar surface area (TPSA) is 75.3 Å². The summed E-state index contributed by atoms with van der Waals surface area (Å²) in [6.45, 7) is 2.91. The second kappa shape index (κ2) is 8.83. The first-order valence-corrected chi connectivity index (χ1v) is 10.7. The van der Waals surface area contributed by atoms with Crippen LogP contribution >= 0.6 is 11.3 Å². The second-order valence-corrected chi connectivity index (χ2v) is 8.44. The summed E-state index contributed by atoms with van der Waals surface area (Å²) >= 11 is 1.19. The van der Waals surface area contributed by atoms with Crippen molar-refractivity contribution in [1.82, 2.24) is 14.9 Å². The molecule has 2 aromatic heterocycles. The molecule has 4 aromatic rings. The Morgan fingerprint density at radius 2 is 1.81 bits per heavy atom. The van der Waals surface area contributed by atoms with Crippen molar-refractivity contribution in [1.29, 1.82) is 0 Å². The van der Waals surface area contributed by atoms with Gasteiger partial charge in [0.15, 0.2) is 0 Å². The zero-order chi connectivity index (χ0) is 22.0. The maximum Gasteiger partial charge on any atom is 0.348 e. The van der Waals surface area contributed by atoms with E-state index in [1.807, 2.05) is 37.4 Å². The number of methoxy groups -OCH3 is 1. The molecule has 6 nitrogen and oxygen atoms in total. The summed E-state index contributed by atoms with van der Waals surface area (Å²) in [6, 6.07) is 18.6. The average molecular weight is 434 g/mol. The van der Waals surface area contributed by atoms with Crippen LogP contribution in [0.25, 0.3) is 21.3 Å². The molecule has 0 amide bonds. The number of aromatic nitrogens is 2. The standard InChI is InChI=1S/C24H23N3O3S/c1-15-20-22(28)25-19(26-23(20)31-21(15)24(29)30-3)14-27(2)13-17-11-7-8-12-18(17)16-9-5-4-6-10-16/h4-12H,13-14H2,1-3H3,(H,25,26,28). The lowest BCUT2D eigenvalue weighted by Crippen LogP contribution is -2.22. The molecule has 4 rings (SSSR count). The Bertz CT molecular complexity index is 1290. The van der Waals surface area contributed by atoms with Crippen molar-refractivity contribution >= 4 is 27.5 Å². The highest BCUT2D eigenvalue weighted by atomic mass is 32.1. The van der Waals surface area contributed by atoms with Crippen LogP contribution in [0.4, 0.5) is 0 Å². The maximum absolute atomic E-state index is 12.7. The Hall–Kier alpha value is -3.29. The van der Waals surface area contributed by atoms with Crippen LogP contribution in [-0.2, 0) is 17.8 Å². The highest BCUT2D eigenvalue weighted by Crippen LogP contribution is 2.28. The Morgan fingerprint density at radius 3 is 2.55 bits per heavy atom. The largest absolute Gasteiger partial charge is 0.465 e. The molecule has 7 heteroatoms. The zero-order valence-corrected chi connectivity index (χ0v) is 18.5. The predicted molar refractivity (Wildman–Crippen MR) is 123 cm³/mol. The third-order valence-corrected chi connectivity index (χ3v) is 6.35. The van der Waals surface area contributed by atoms with Gasteiger partial charge in [-0.15, -0.1) is 11.3 Å². The molecule has 0 saturated carbocycles. The van der Waals surface area contributed by atoms with Gasteiger partial charge in [-0.05, 0) is 36.2 Å². The number of hydrogen-bond acceptors (Lipinski definition) is 6. The fourth-order valence-electron chi connectivity index (χ4n) is 3.71. The zero-order valence-electron chi connectivity index (χ0n) is 17.6. The van der Waals surface area contributed by atoms with E-state index in [1.54, 1.807) is 6.92 Å². The van der Waals surface area contributed by atoms with Crippen LogP contribution in [0, 0.1) is 6.92 Å². The smallest absolute Gasteiger partial charge is 0.348 e. The van der Waals surface area contributed by atoms with E-state index < -0.39 is 5.97 Å². The van der Waals surface area contributed by atoms with E-state index in [1.165, 1.54) is 35.1 Å². The summed E-state index contributed by atoms with van der Waals surface area (Å²) in [5, 5.41) is 0.450. The van der Waals surface area contributed by atoms with Gasteiger partial charge < -0.3 is 9.72 Å². The minimum absolute atomic E-state index is 0.234. The summed E-state index contributed by atoms with van der Waals surface area (Å²) in [7, 11) is 3.32. The van der Waals surface area contributed by atoms with Crippen molar-refractivity contribution in [2.45, 2.75) is 20.0 Å². The lowest BCUT2D eigenvalue weighted by Gasteiger charge is -2.18. The lowest BCUT2D eigenvalue weighted by atomic mass is 9.99. The predicted octanol–water partition coefficient (Wildman–Crippen LogP) is 4.38. The Kier molecular flexibility index (Phi) is 5.97. The molecule has 1 N–H and O–H groups in total. The van der Waals surface area contributed by atoms with Crippen molar-refractivity contribution in [3.8, 4) is 11.1 Å². The molecule has 0 aliphatic rings. The van der Waals surface area contributed by atoms with E-state index in [0.29, 0.717) is 39.6 Å². The lowest BCUT2D eigenvalue weighted by molar-refractivity contribution is 0.0605. The summed E-state index contributed by atoms with van der Waals surface area (Å²) in [6.07, 6.45) is 0. The van der Waals surface area contributed by atoms with E-state index in [4.69, 9.17) is 4.74 Å². The number of H-pyrrole nitrogens is 1. The minimum Gasteiger partial charge on any atom is -0.465 e. The quantitative estimate of drug-likeness (QED) is 0.457. The third-order valence-electron chi connectivity index (χ3n) is 5.18. The first-order valence-electron chi connectivity index (χ1n) is 9.90. The molecule has 0 atom stereocenters. The number of carbonyl (C=O) groups is 1. The van der Waals surface area contributed by atoms with Gasteiger partial charge in [0, 0.05) is 6.54 Å². The average Bonchev–Trinajstić information content (AvgIpc) is 3.10. The SMILES string of the molecule is COC(=O)c1sc2nc(CN(C)Cc3ccccc3-c3ccccc3)[nH]c(=O)c2c1C. The number of carbonyl (C=O) groups excluding carboxylic acids is 1. The van der Waals surface area contributed by atoms with Crippen LogP contribution in [0.5, 0.6) is 0 Å². The molecule has 0 unspecified atom stereocenters. The number of hydrogen-bond donors (Lipinski definition) is 1. The molecule has 0 bridgehead atoms. The summed E-state index contributed by atoms with van der Waals surface area (Å²) in [5.74, 6) is 0.117. The highest BCUT2D eigenvalue weighted by molar-refractivity contribution is 7.20. The number of ether oxygens (including phenoxy) is 1. The first kappa shape index (κ1) is 21.0. The normalized spacial score (nSPS) is 11.2. The minimum atomic E-state index is -0.448. The summed E-state index contributed by atoms with van der Waals surface area (Å²) in [4.78, 5) is 35.2. The van der Waals surface area contributed by atoms with Gasteiger partial charge >= 0.3 is 5.97 Å².